The van der Waals surface area contributed by atoms with Gasteiger partial charge in [0.05, 0.1) is 11.3 Å². The van der Waals surface area contributed by atoms with Gasteiger partial charge in [-0.1, -0.05) is 30.0 Å². The molecule has 0 saturated heterocycles. The molecular formula is C19H21N5O2S. The van der Waals surface area contributed by atoms with E-state index in [1.807, 2.05) is 43.3 Å². The summed E-state index contributed by atoms with van der Waals surface area (Å²) in [7, 11) is 3.54. The van der Waals surface area contributed by atoms with E-state index in [1.54, 1.807) is 40.4 Å². The van der Waals surface area contributed by atoms with Crippen molar-refractivity contribution in [2.45, 2.75) is 18.6 Å². The van der Waals surface area contributed by atoms with E-state index in [1.165, 1.54) is 11.8 Å². The number of amides is 1. The second-order valence-electron chi connectivity index (χ2n) is 5.96. The molecule has 2 aromatic heterocycles. The second kappa shape index (κ2) is 8.22. The van der Waals surface area contributed by atoms with Crippen LogP contribution in [0.25, 0.3) is 11.4 Å². The van der Waals surface area contributed by atoms with Crippen LogP contribution in [0, 0.1) is 0 Å². The number of hydrogen-bond donors (Lipinski definition) is 0. The minimum atomic E-state index is -0.105. The molecule has 0 unspecified atom stereocenters. The first kappa shape index (κ1) is 18.9. The van der Waals surface area contributed by atoms with Crippen LogP contribution < -0.4 is 10.5 Å². The molecule has 0 radical (unpaired) electrons. The monoisotopic (exact) mass is 383 g/mol. The Labute approximate surface area is 161 Å². The number of carbonyl (C=O) groups is 1. The molecule has 0 aliphatic carbocycles. The predicted octanol–water partition coefficient (Wildman–Crippen LogP) is 2.42. The first-order valence-corrected chi connectivity index (χ1v) is 9.55. The summed E-state index contributed by atoms with van der Waals surface area (Å²) >= 11 is 1.30. The van der Waals surface area contributed by atoms with Crippen LogP contribution in [0.4, 0.5) is 5.69 Å². The van der Waals surface area contributed by atoms with Gasteiger partial charge in [-0.2, -0.15) is 0 Å². The van der Waals surface area contributed by atoms with Gasteiger partial charge in [-0.3, -0.25) is 9.59 Å². The number of anilines is 1. The van der Waals surface area contributed by atoms with Gasteiger partial charge in [0.2, 0.25) is 5.91 Å². The highest BCUT2D eigenvalue weighted by molar-refractivity contribution is 7.99. The summed E-state index contributed by atoms with van der Waals surface area (Å²) in [5.41, 5.74) is 1.23. The molecule has 8 heteroatoms. The summed E-state index contributed by atoms with van der Waals surface area (Å²) in [6.07, 6.45) is 1.75. The van der Waals surface area contributed by atoms with Crippen molar-refractivity contribution in [3.63, 3.8) is 0 Å². The molecule has 0 aliphatic rings. The maximum Gasteiger partial charge on any atom is 0.261 e. The fraction of sp³-hybridized carbons (Fsp3) is 0.263. The van der Waals surface area contributed by atoms with E-state index in [2.05, 4.69) is 10.2 Å². The zero-order valence-electron chi connectivity index (χ0n) is 15.5. The number of benzene rings is 1. The topological polar surface area (TPSA) is 73.0 Å². The SMILES string of the molecule is CCn1cccc(-c2nnc(SCC(=O)N(C)c3ccccc3)n2C)c1=O. The molecule has 1 amide bonds. The molecule has 7 nitrogen and oxygen atoms in total. The predicted molar refractivity (Wildman–Crippen MR) is 107 cm³/mol. The van der Waals surface area contributed by atoms with Gasteiger partial charge in [-0.25, -0.2) is 0 Å². The summed E-state index contributed by atoms with van der Waals surface area (Å²) in [5.74, 6) is 0.684. The average molecular weight is 383 g/mol. The van der Waals surface area contributed by atoms with Gasteiger partial charge in [-0.15, -0.1) is 10.2 Å². The Bertz CT molecular complexity index is 997. The summed E-state index contributed by atoms with van der Waals surface area (Å²) < 4.78 is 3.37. The Balaban J connectivity index is 1.75. The van der Waals surface area contributed by atoms with Gasteiger partial charge in [0.15, 0.2) is 11.0 Å². The summed E-state index contributed by atoms with van der Waals surface area (Å²) in [6.45, 7) is 2.50. The van der Waals surface area contributed by atoms with Gasteiger partial charge in [0.25, 0.3) is 5.56 Å². The van der Waals surface area contributed by atoms with Gasteiger partial charge in [0, 0.05) is 32.5 Å². The lowest BCUT2D eigenvalue weighted by Crippen LogP contribution is -2.27. The Hall–Kier alpha value is -2.87. The summed E-state index contributed by atoms with van der Waals surface area (Å²) in [6, 6.07) is 13.0. The van der Waals surface area contributed by atoms with E-state index in [4.69, 9.17) is 0 Å². The molecule has 0 fully saturated rings. The lowest BCUT2D eigenvalue weighted by molar-refractivity contribution is -0.115. The van der Waals surface area contributed by atoms with Gasteiger partial charge in [-0.05, 0) is 31.2 Å². The van der Waals surface area contributed by atoms with Crippen molar-refractivity contribution in [1.29, 1.82) is 0 Å². The molecule has 2 heterocycles. The molecule has 27 heavy (non-hydrogen) atoms. The Morgan fingerprint density at radius 1 is 1.15 bits per heavy atom. The van der Waals surface area contributed by atoms with Crippen molar-refractivity contribution in [2.24, 2.45) is 7.05 Å². The lowest BCUT2D eigenvalue weighted by Gasteiger charge is -2.16. The highest BCUT2D eigenvalue weighted by atomic mass is 32.2. The third-order valence-corrected chi connectivity index (χ3v) is 5.28. The van der Waals surface area contributed by atoms with Crippen molar-refractivity contribution >= 4 is 23.4 Å². The van der Waals surface area contributed by atoms with E-state index in [9.17, 15) is 9.59 Å². The molecule has 0 saturated carbocycles. The fourth-order valence-corrected chi connectivity index (χ4v) is 3.47. The largest absolute Gasteiger partial charge is 0.315 e. The first-order valence-electron chi connectivity index (χ1n) is 8.56. The maximum atomic E-state index is 12.5. The van der Waals surface area contributed by atoms with E-state index in [0.29, 0.717) is 23.1 Å². The second-order valence-corrected chi connectivity index (χ2v) is 6.90. The number of carbonyl (C=O) groups excluding carboxylic acids is 1. The number of thioether (sulfide) groups is 1. The molecule has 3 aromatic rings. The molecule has 3 rings (SSSR count). The molecule has 0 aliphatic heterocycles. The van der Waals surface area contributed by atoms with Crippen LogP contribution in [-0.4, -0.2) is 38.0 Å². The van der Waals surface area contributed by atoms with Crippen molar-refractivity contribution in [3.8, 4) is 11.4 Å². The number of nitrogens with zero attached hydrogens (tertiary/aromatic N) is 5. The van der Waals surface area contributed by atoms with Crippen LogP contribution in [0.3, 0.4) is 0 Å². The minimum Gasteiger partial charge on any atom is -0.315 e. The quantitative estimate of drug-likeness (QED) is 0.611. The van der Waals surface area contributed by atoms with Crippen molar-refractivity contribution in [2.75, 3.05) is 17.7 Å². The number of para-hydroxylation sites is 1. The standard InChI is InChI=1S/C19H21N5O2S/c1-4-24-12-8-11-15(18(24)26)17-20-21-19(23(17)3)27-13-16(25)22(2)14-9-6-5-7-10-14/h5-12H,4,13H2,1-3H3. The van der Waals surface area contributed by atoms with Crippen LogP contribution in [0.2, 0.25) is 0 Å². The van der Waals surface area contributed by atoms with E-state index in [-0.39, 0.29) is 17.2 Å². The van der Waals surface area contributed by atoms with Crippen molar-refractivity contribution in [3.05, 3.63) is 59.0 Å². The zero-order chi connectivity index (χ0) is 19.4. The highest BCUT2D eigenvalue weighted by Gasteiger charge is 2.17. The molecule has 0 spiro atoms. The number of pyridine rings is 1. The molecule has 0 bridgehead atoms. The Morgan fingerprint density at radius 2 is 1.89 bits per heavy atom. The van der Waals surface area contributed by atoms with E-state index < -0.39 is 0 Å². The van der Waals surface area contributed by atoms with Gasteiger partial charge < -0.3 is 14.0 Å². The van der Waals surface area contributed by atoms with E-state index >= 15 is 0 Å². The third kappa shape index (κ3) is 3.95. The Kier molecular flexibility index (Phi) is 5.75. The minimum absolute atomic E-state index is 0.0381. The maximum absolute atomic E-state index is 12.5. The summed E-state index contributed by atoms with van der Waals surface area (Å²) in [4.78, 5) is 26.5. The molecule has 1 aromatic carbocycles. The van der Waals surface area contributed by atoms with Crippen LogP contribution in [0.15, 0.2) is 58.6 Å². The normalized spacial score (nSPS) is 10.8. The van der Waals surface area contributed by atoms with Crippen LogP contribution in [-0.2, 0) is 18.4 Å². The smallest absolute Gasteiger partial charge is 0.261 e. The number of aryl methyl sites for hydroxylation is 1. The summed E-state index contributed by atoms with van der Waals surface area (Å²) in [5, 5.41) is 8.90. The van der Waals surface area contributed by atoms with Crippen LogP contribution in [0.1, 0.15) is 6.92 Å². The zero-order valence-corrected chi connectivity index (χ0v) is 16.3. The third-order valence-electron chi connectivity index (χ3n) is 4.28. The number of hydrogen-bond acceptors (Lipinski definition) is 5. The van der Waals surface area contributed by atoms with Crippen LogP contribution in [0.5, 0.6) is 0 Å². The van der Waals surface area contributed by atoms with E-state index in [0.717, 1.165) is 5.69 Å². The molecule has 0 atom stereocenters. The number of aromatic nitrogens is 4. The average Bonchev–Trinajstić information content (AvgIpc) is 3.06. The molecule has 140 valence electrons. The number of rotatable bonds is 6. The molecule has 0 N–H and O–H groups in total. The first-order chi connectivity index (χ1) is 13.0. The van der Waals surface area contributed by atoms with Crippen LogP contribution >= 0.6 is 11.8 Å². The Morgan fingerprint density at radius 3 is 2.59 bits per heavy atom. The lowest BCUT2D eigenvalue weighted by atomic mass is 10.2. The van der Waals surface area contributed by atoms with Gasteiger partial charge in [0.1, 0.15) is 0 Å². The fourth-order valence-electron chi connectivity index (χ4n) is 2.65. The molecular weight excluding hydrogens is 362 g/mol. The van der Waals surface area contributed by atoms with Crippen molar-refractivity contribution < 1.29 is 4.79 Å². The van der Waals surface area contributed by atoms with Gasteiger partial charge >= 0.3 is 0 Å². The van der Waals surface area contributed by atoms with Crippen molar-refractivity contribution in [1.82, 2.24) is 19.3 Å². The highest BCUT2D eigenvalue weighted by Crippen LogP contribution is 2.21.